The van der Waals surface area contributed by atoms with Crippen LogP contribution in [0.2, 0.25) is 22.5 Å². The van der Waals surface area contributed by atoms with Crippen molar-refractivity contribution in [1.29, 1.82) is 0 Å². The van der Waals surface area contributed by atoms with Crippen molar-refractivity contribution in [3.05, 3.63) is 36.7 Å². The fourth-order valence-electron chi connectivity index (χ4n) is 3.94. The normalized spacial score (nSPS) is 13.4. The van der Waals surface area contributed by atoms with E-state index in [2.05, 4.69) is 27.2 Å². The minimum atomic E-state index is -1.61. The van der Waals surface area contributed by atoms with Crippen LogP contribution in [0.4, 0.5) is 8.78 Å². The van der Waals surface area contributed by atoms with Crippen molar-refractivity contribution in [2.45, 2.75) is 106 Å². The number of aromatic nitrogens is 2. The molecule has 2 rings (SSSR count). The molecule has 0 spiro atoms. The smallest absolute Gasteiger partial charge is 0.0475 e. The molecule has 0 radical (unpaired) electrons. The van der Waals surface area contributed by atoms with E-state index >= 15 is 0 Å². The molecule has 0 aliphatic rings. The second-order valence-corrected chi connectivity index (χ2v) is 22.7. The van der Waals surface area contributed by atoms with Gasteiger partial charge >= 0.3 is 114 Å². The van der Waals surface area contributed by atoms with Gasteiger partial charge in [0.25, 0.3) is 0 Å². The van der Waals surface area contributed by atoms with Crippen LogP contribution >= 0.6 is 0 Å². The average Bonchev–Trinajstić information content (AvgIpc) is 2.86. The minimum Gasteiger partial charge on any atom is -0.0475 e. The summed E-state index contributed by atoms with van der Waals surface area (Å²) >= 11 is -1.34. The van der Waals surface area contributed by atoms with Gasteiger partial charge in [-0.1, -0.05) is 26.2 Å². The van der Waals surface area contributed by atoms with Crippen molar-refractivity contribution < 1.29 is 18.3 Å². The molecule has 0 aliphatic carbocycles. The maximum atomic E-state index is 14.0. The molecule has 0 unspecified atom stereocenters. The third kappa shape index (κ3) is 13.0. The fourth-order valence-corrected chi connectivity index (χ4v) is 6.69. The van der Waals surface area contributed by atoms with Gasteiger partial charge in [0.1, 0.15) is 18.5 Å². The molecule has 0 saturated heterocycles. The van der Waals surface area contributed by atoms with E-state index in [-0.39, 0.29) is 13.0 Å². The zero-order valence-corrected chi connectivity index (χ0v) is 24.9. The van der Waals surface area contributed by atoms with Crippen molar-refractivity contribution in [3.63, 3.8) is 0 Å². The van der Waals surface area contributed by atoms with Gasteiger partial charge in [0, 0.05) is 5.56 Å². The molecular formula is C29H46F2GeN2O2. The summed E-state index contributed by atoms with van der Waals surface area (Å²) in [7, 11) is 0. The van der Waals surface area contributed by atoms with Crippen LogP contribution in [0.1, 0.15) is 71.1 Å². The molecule has 1 heterocycles. The summed E-state index contributed by atoms with van der Waals surface area (Å²) in [6, 6.07) is 7.09. The maximum absolute atomic E-state index is 14.0. The Morgan fingerprint density at radius 1 is 0.750 bits per heavy atom. The van der Waals surface area contributed by atoms with Crippen LogP contribution in [-0.4, -0.2) is 48.8 Å². The summed E-state index contributed by atoms with van der Waals surface area (Å²) in [6.07, 6.45) is 10.7. The Kier molecular flexibility index (Phi) is 14.4. The van der Waals surface area contributed by atoms with Crippen LogP contribution in [0.5, 0.6) is 11.5 Å². The van der Waals surface area contributed by atoms with Crippen LogP contribution in [-0.2, 0) is 0 Å². The zero-order chi connectivity index (χ0) is 26.2. The molecule has 2 aromatic rings. The molecule has 0 saturated carbocycles. The van der Waals surface area contributed by atoms with Gasteiger partial charge in [0.05, 0.1) is 0 Å². The molecule has 0 bridgehead atoms. The van der Waals surface area contributed by atoms with Crippen molar-refractivity contribution in [3.8, 4) is 22.9 Å². The van der Waals surface area contributed by atoms with Crippen LogP contribution in [0, 0.1) is 0 Å². The van der Waals surface area contributed by atoms with E-state index in [1.165, 1.54) is 37.4 Å². The Balaban J connectivity index is 1.64. The zero-order valence-electron chi connectivity index (χ0n) is 22.8. The van der Waals surface area contributed by atoms with Crippen molar-refractivity contribution >= 4 is 13.3 Å². The molecule has 202 valence electrons. The molecule has 2 atom stereocenters. The first-order valence-corrected chi connectivity index (χ1v) is 21.5. The summed E-state index contributed by atoms with van der Waals surface area (Å²) in [5.41, 5.74) is 0.823. The van der Waals surface area contributed by atoms with E-state index < -0.39 is 25.6 Å². The predicted molar refractivity (Wildman–Crippen MR) is 148 cm³/mol. The average molecular weight is 565 g/mol. The third-order valence-corrected chi connectivity index (χ3v) is 10.1. The first kappa shape index (κ1) is 30.5. The quantitative estimate of drug-likeness (QED) is 0.126. The second kappa shape index (κ2) is 16.9. The fraction of sp³-hybridized carbons (Fsp3) is 0.655. The number of nitrogens with zero attached hydrogens (tertiary/aromatic N) is 2. The summed E-state index contributed by atoms with van der Waals surface area (Å²) in [5.74, 6) is 9.22. The standard InChI is InChI=1S/C29H46F2GeN2O2/c1-5-6-11-14-27(30)28(31)23-36-25-17-15-24(16-18-25)29-33-21-26(22-34-29)35-20-13-10-8-7-9-12-19-32(2,3)4/h15-18,21-22,27-28H,5-14,19-20,23H2,1-4H3/t27-,28-/m1/s1. The number of hydrogen-bond donors (Lipinski definition) is 0. The molecule has 0 aliphatic heterocycles. The van der Waals surface area contributed by atoms with Crippen molar-refractivity contribution in [2.24, 2.45) is 0 Å². The first-order valence-electron chi connectivity index (χ1n) is 13.7. The van der Waals surface area contributed by atoms with Gasteiger partial charge in [-0.3, -0.25) is 0 Å². The van der Waals surface area contributed by atoms with Crippen molar-refractivity contribution in [1.82, 2.24) is 9.97 Å². The molecule has 36 heavy (non-hydrogen) atoms. The topological polar surface area (TPSA) is 44.2 Å². The number of hydrogen-bond acceptors (Lipinski definition) is 4. The SMILES string of the molecule is CCCCC[C@@H](F)[C@H](F)COc1ccc(-c2ncc(OCCCCCCC[CH2][Ge]([CH3])([CH3])[CH3])cn2)cc1. The summed E-state index contributed by atoms with van der Waals surface area (Å²) in [4.78, 5) is 8.80. The Morgan fingerprint density at radius 2 is 1.39 bits per heavy atom. The van der Waals surface area contributed by atoms with E-state index in [0.29, 0.717) is 30.4 Å². The third-order valence-electron chi connectivity index (χ3n) is 6.22. The summed E-state index contributed by atoms with van der Waals surface area (Å²) < 4.78 is 39.1. The van der Waals surface area contributed by atoms with Crippen molar-refractivity contribution in [2.75, 3.05) is 13.2 Å². The van der Waals surface area contributed by atoms with E-state index in [1.54, 1.807) is 24.5 Å². The van der Waals surface area contributed by atoms with Gasteiger partial charge in [-0.2, -0.15) is 0 Å². The van der Waals surface area contributed by atoms with E-state index in [4.69, 9.17) is 9.47 Å². The van der Waals surface area contributed by atoms with Crippen LogP contribution in [0.15, 0.2) is 36.7 Å². The molecular weight excluding hydrogens is 519 g/mol. The molecule has 4 nitrogen and oxygen atoms in total. The summed E-state index contributed by atoms with van der Waals surface area (Å²) in [5, 5.41) is 1.48. The van der Waals surface area contributed by atoms with Gasteiger partial charge in [-0.25, -0.2) is 8.78 Å². The van der Waals surface area contributed by atoms with Gasteiger partial charge < -0.3 is 4.74 Å². The van der Waals surface area contributed by atoms with Gasteiger partial charge in [0.15, 0.2) is 12.0 Å². The van der Waals surface area contributed by atoms with Gasteiger partial charge in [-0.05, 0) is 30.7 Å². The monoisotopic (exact) mass is 566 g/mol. The van der Waals surface area contributed by atoms with Crippen LogP contribution < -0.4 is 9.47 Å². The van der Waals surface area contributed by atoms with E-state index in [9.17, 15) is 8.78 Å². The van der Waals surface area contributed by atoms with Gasteiger partial charge in [0.2, 0.25) is 0 Å². The second-order valence-electron chi connectivity index (χ2n) is 10.9. The minimum absolute atomic E-state index is 0.244. The number of rotatable bonds is 19. The number of halogens is 2. The van der Waals surface area contributed by atoms with Gasteiger partial charge in [-0.15, -0.1) is 0 Å². The molecule has 0 fully saturated rings. The van der Waals surface area contributed by atoms with Crippen LogP contribution in [0.3, 0.4) is 0 Å². The van der Waals surface area contributed by atoms with E-state index in [0.717, 1.165) is 24.8 Å². The van der Waals surface area contributed by atoms with E-state index in [1.807, 2.05) is 19.1 Å². The molecule has 1 aromatic heterocycles. The number of unbranched alkanes of at least 4 members (excludes halogenated alkanes) is 7. The molecule has 0 N–H and O–H groups in total. The molecule has 7 heteroatoms. The summed E-state index contributed by atoms with van der Waals surface area (Å²) in [6.45, 7) is 2.44. The van der Waals surface area contributed by atoms with Crippen LogP contribution in [0.25, 0.3) is 11.4 Å². The molecule has 1 aromatic carbocycles. The Morgan fingerprint density at radius 3 is 2.03 bits per heavy atom. The first-order chi connectivity index (χ1) is 17.3. The number of alkyl halides is 2. The number of ether oxygens (including phenoxy) is 2. The molecule has 0 amide bonds. The Hall–Kier alpha value is -1.70. The Labute approximate surface area is 220 Å². The predicted octanol–water partition coefficient (Wildman–Crippen LogP) is 8.84. The Bertz CT molecular complexity index is 829. The number of benzene rings is 1.